The lowest BCUT2D eigenvalue weighted by Crippen LogP contribution is -2.36. The number of esters is 1. The van der Waals surface area contributed by atoms with Gasteiger partial charge in [0.1, 0.15) is 0 Å². The van der Waals surface area contributed by atoms with Crippen molar-refractivity contribution < 1.29 is 19.3 Å². The summed E-state index contributed by atoms with van der Waals surface area (Å²) in [7, 11) is 0. The molecule has 0 bridgehead atoms. The fourth-order valence-corrected chi connectivity index (χ4v) is 4.47. The number of dihydropyridines is 1. The van der Waals surface area contributed by atoms with Gasteiger partial charge in [0.2, 0.25) is 0 Å². The van der Waals surface area contributed by atoms with Crippen LogP contribution in [-0.2, 0) is 14.3 Å². The van der Waals surface area contributed by atoms with Crippen LogP contribution in [0, 0.1) is 0 Å². The summed E-state index contributed by atoms with van der Waals surface area (Å²) in [6, 6.07) is 14.0. The number of nitrogens with one attached hydrogen (secondary N) is 2. The number of Topliss-reactive ketones (excluding diaryl/α,β-unsaturated/α-hetero) is 1. The van der Waals surface area contributed by atoms with Gasteiger partial charge in [0.15, 0.2) is 18.2 Å². The number of aromatic amines is 1. The Labute approximate surface area is 176 Å². The van der Waals surface area contributed by atoms with Crippen LogP contribution in [0.25, 0.3) is 0 Å². The summed E-state index contributed by atoms with van der Waals surface area (Å²) in [6.07, 6.45) is 4.61. The summed E-state index contributed by atoms with van der Waals surface area (Å²) in [5.74, 6) is -0.610. The molecule has 1 aromatic carbocycles. The van der Waals surface area contributed by atoms with Gasteiger partial charge in [-0.1, -0.05) is 30.3 Å². The Hall–Kier alpha value is -3.21. The number of benzene rings is 1. The molecule has 0 radical (unpaired) electrons. The van der Waals surface area contributed by atoms with E-state index < -0.39 is 5.92 Å². The predicted molar refractivity (Wildman–Crippen MR) is 113 cm³/mol. The molecule has 1 aliphatic heterocycles. The molecule has 0 saturated carbocycles. The zero-order chi connectivity index (χ0) is 21.3. The molecule has 2 aliphatic rings. The average molecular weight is 404 g/mol. The fourth-order valence-electron chi connectivity index (χ4n) is 4.47. The second kappa shape index (κ2) is 8.27. The lowest BCUT2D eigenvalue weighted by Gasteiger charge is -2.36. The van der Waals surface area contributed by atoms with Crippen LogP contribution >= 0.6 is 0 Å². The van der Waals surface area contributed by atoms with E-state index in [1.807, 2.05) is 63.5 Å². The predicted octanol–water partition coefficient (Wildman–Crippen LogP) is 3.81. The van der Waals surface area contributed by atoms with E-state index in [0.717, 1.165) is 28.9 Å². The SMILES string of the molecule is CC1=C(C(=O)OC(C)C)C(c2ccc[nH+]c2)C2=C(CC(c3ccccc3)CC2=O)N1. The lowest BCUT2D eigenvalue weighted by atomic mass is 9.72. The van der Waals surface area contributed by atoms with E-state index >= 15 is 0 Å². The van der Waals surface area contributed by atoms with Crippen molar-refractivity contribution in [3.63, 3.8) is 0 Å². The molecule has 2 N–H and O–H groups in total. The molecule has 0 saturated heterocycles. The molecule has 5 nitrogen and oxygen atoms in total. The molecule has 2 atom stereocenters. The van der Waals surface area contributed by atoms with E-state index in [1.54, 1.807) is 0 Å². The third kappa shape index (κ3) is 3.80. The molecule has 30 heavy (non-hydrogen) atoms. The summed E-state index contributed by atoms with van der Waals surface area (Å²) >= 11 is 0. The van der Waals surface area contributed by atoms with Crippen LogP contribution in [0.3, 0.4) is 0 Å². The third-order valence-corrected chi connectivity index (χ3v) is 5.73. The van der Waals surface area contributed by atoms with E-state index in [1.165, 1.54) is 0 Å². The zero-order valence-electron chi connectivity index (χ0n) is 17.6. The monoisotopic (exact) mass is 403 g/mol. The highest BCUT2D eigenvalue weighted by molar-refractivity contribution is 6.04. The molecule has 0 amide bonds. The Morgan fingerprint density at radius 3 is 2.50 bits per heavy atom. The number of carbonyl (C=O) groups excluding carboxylic acids is 2. The first kappa shape index (κ1) is 20.1. The maximum Gasteiger partial charge on any atom is 0.337 e. The van der Waals surface area contributed by atoms with Gasteiger partial charge in [0.05, 0.1) is 17.6 Å². The molecule has 1 aromatic heterocycles. The Morgan fingerprint density at radius 1 is 1.10 bits per heavy atom. The van der Waals surface area contributed by atoms with Crippen molar-refractivity contribution >= 4 is 11.8 Å². The van der Waals surface area contributed by atoms with Gasteiger partial charge in [-0.2, -0.15) is 0 Å². The van der Waals surface area contributed by atoms with E-state index in [0.29, 0.717) is 17.6 Å². The van der Waals surface area contributed by atoms with Crippen LogP contribution in [0.1, 0.15) is 56.6 Å². The number of ketones is 1. The van der Waals surface area contributed by atoms with Gasteiger partial charge >= 0.3 is 5.97 Å². The van der Waals surface area contributed by atoms with E-state index in [-0.39, 0.29) is 23.8 Å². The van der Waals surface area contributed by atoms with Crippen molar-refractivity contribution in [2.45, 2.75) is 51.6 Å². The van der Waals surface area contributed by atoms with Crippen LogP contribution in [0.5, 0.6) is 0 Å². The highest BCUT2D eigenvalue weighted by atomic mass is 16.5. The third-order valence-electron chi connectivity index (χ3n) is 5.73. The van der Waals surface area contributed by atoms with Crippen molar-refractivity contribution in [2.24, 2.45) is 0 Å². The van der Waals surface area contributed by atoms with Gasteiger partial charge in [0.25, 0.3) is 0 Å². The molecule has 2 heterocycles. The summed E-state index contributed by atoms with van der Waals surface area (Å²) in [4.78, 5) is 29.5. The molecule has 0 spiro atoms. The molecule has 2 aromatic rings. The second-order valence-electron chi connectivity index (χ2n) is 8.22. The first-order chi connectivity index (χ1) is 14.5. The number of rotatable bonds is 4. The highest BCUT2D eigenvalue weighted by Gasteiger charge is 2.42. The molecule has 4 rings (SSSR count). The second-order valence-corrected chi connectivity index (χ2v) is 8.22. The van der Waals surface area contributed by atoms with E-state index in [9.17, 15) is 9.59 Å². The quantitative estimate of drug-likeness (QED) is 0.788. The minimum atomic E-state index is -0.436. The fraction of sp³-hybridized carbons (Fsp3) is 0.320. The molecule has 0 fully saturated rings. The lowest BCUT2D eigenvalue weighted by molar-refractivity contribution is -0.378. The maximum absolute atomic E-state index is 13.4. The minimum absolute atomic E-state index is 0.0776. The topological polar surface area (TPSA) is 69.5 Å². The number of hydrogen-bond acceptors (Lipinski definition) is 4. The Balaban J connectivity index is 1.78. The Kier molecular flexibility index (Phi) is 5.53. The number of H-pyrrole nitrogens is 1. The first-order valence-corrected chi connectivity index (χ1v) is 10.4. The Bertz CT molecular complexity index is 1020. The summed E-state index contributed by atoms with van der Waals surface area (Å²) in [5, 5.41) is 3.38. The Morgan fingerprint density at radius 2 is 1.83 bits per heavy atom. The van der Waals surface area contributed by atoms with Gasteiger partial charge in [-0.05, 0) is 44.7 Å². The molecule has 5 heteroatoms. The number of allylic oxidation sites excluding steroid dienone is 3. The van der Waals surface area contributed by atoms with Gasteiger partial charge in [-0.25, -0.2) is 9.78 Å². The molecular weight excluding hydrogens is 376 g/mol. The van der Waals surface area contributed by atoms with Gasteiger partial charge in [0, 0.05) is 35.0 Å². The molecule has 2 unspecified atom stereocenters. The average Bonchev–Trinajstić information content (AvgIpc) is 2.73. The van der Waals surface area contributed by atoms with Crippen molar-refractivity contribution in [3.05, 3.63) is 88.5 Å². The number of aromatic nitrogens is 1. The van der Waals surface area contributed by atoms with Crippen molar-refractivity contribution in [1.29, 1.82) is 0 Å². The number of carbonyl (C=O) groups is 2. The van der Waals surface area contributed by atoms with Crippen LogP contribution in [0.2, 0.25) is 0 Å². The number of pyridine rings is 1. The summed E-state index contributed by atoms with van der Waals surface area (Å²) in [5.41, 5.74) is 4.89. The van der Waals surface area contributed by atoms with E-state index in [2.05, 4.69) is 22.4 Å². The zero-order valence-corrected chi connectivity index (χ0v) is 17.6. The first-order valence-electron chi connectivity index (χ1n) is 10.4. The van der Waals surface area contributed by atoms with Crippen LogP contribution in [0.4, 0.5) is 0 Å². The van der Waals surface area contributed by atoms with Crippen molar-refractivity contribution in [3.8, 4) is 0 Å². The van der Waals surface area contributed by atoms with Gasteiger partial charge in [-0.15, -0.1) is 0 Å². The van der Waals surface area contributed by atoms with Crippen molar-refractivity contribution in [1.82, 2.24) is 5.32 Å². The van der Waals surface area contributed by atoms with Gasteiger partial charge in [-0.3, -0.25) is 4.79 Å². The summed E-state index contributed by atoms with van der Waals surface area (Å²) < 4.78 is 5.54. The smallest absolute Gasteiger partial charge is 0.337 e. The molecule has 1 aliphatic carbocycles. The van der Waals surface area contributed by atoms with E-state index in [4.69, 9.17) is 4.74 Å². The summed E-state index contributed by atoms with van der Waals surface area (Å²) in [6.45, 7) is 5.55. The van der Waals surface area contributed by atoms with Crippen LogP contribution in [-0.4, -0.2) is 17.9 Å². The largest absolute Gasteiger partial charge is 0.460 e. The number of ether oxygens (including phenoxy) is 1. The van der Waals surface area contributed by atoms with Crippen LogP contribution < -0.4 is 10.3 Å². The standard InChI is InChI=1S/C25H26N2O3/c1-15(2)30-25(29)22-16(3)27-20-12-19(17-8-5-4-6-9-17)13-21(28)24(20)23(22)18-10-7-11-26-14-18/h4-11,14-15,19,23,27H,12-13H2,1-3H3/p+1. The van der Waals surface area contributed by atoms with Crippen LogP contribution in [0.15, 0.2) is 77.4 Å². The minimum Gasteiger partial charge on any atom is -0.460 e. The maximum atomic E-state index is 13.4. The molecular formula is C25H27N2O3+. The highest BCUT2D eigenvalue weighted by Crippen LogP contribution is 2.45. The van der Waals surface area contributed by atoms with Gasteiger partial charge < -0.3 is 10.1 Å². The normalized spacial score (nSPS) is 21.4. The van der Waals surface area contributed by atoms with Crippen molar-refractivity contribution in [2.75, 3.05) is 0 Å². The molecule has 154 valence electrons. The number of hydrogen-bond donors (Lipinski definition) is 1.